The van der Waals surface area contributed by atoms with E-state index >= 15 is 0 Å². The average Bonchev–Trinajstić information content (AvgIpc) is 2.18. The normalized spacial score (nSPS) is 9.00. The molecule has 1 aromatic heterocycles. The zero-order chi connectivity index (χ0) is 6.69. The van der Waals surface area contributed by atoms with Crippen LogP contribution >= 0.6 is 35.3 Å². The van der Waals surface area contributed by atoms with E-state index in [4.69, 9.17) is 17.3 Å². The first-order valence-electron chi connectivity index (χ1n) is 2.76. The molecule has 0 unspecified atom stereocenters. The first-order chi connectivity index (χ1) is 4.34. The molecule has 0 fully saturated rings. The van der Waals surface area contributed by atoms with Gasteiger partial charge in [0.05, 0.1) is 4.34 Å². The maximum absolute atomic E-state index is 5.78. The summed E-state index contributed by atoms with van der Waals surface area (Å²) in [5.74, 6) is 0. The molecular weight excluding hydrogens is 189 g/mol. The van der Waals surface area contributed by atoms with Crippen LogP contribution in [-0.2, 0) is 6.42 Å². The number of halogens is 2. The summed E-state index contributed by atoms with van der Waals surface area (Å²) in [6, 6.07) is 2.01. The Hall–Kier alpha value is 0.240. The van der Waals surface area contributed by atoms with Crippen LogP contribution in [0.4, 0.5) is 0 Å². The van der Waals surface area contributed by atoms with Crippen molar-refractivity contribution >= 4 is 35.3 Å². The van der Waals surface area contributed by atoms with Gasteiger partial charge in [-0.2, -0.15) is 0 Å². The van der Waals surface area contributed by atoms with Gasteiger partial charge in [0.2, 0.25) is 0 Å². The van der Waals surface area contributed by atoms with Crippen molar-refractivity contribution in [2.75, 3.05) is 6.54 Å². The van der Waals surface area contributed by atoms with Crippen molar-refractivity contribution in [3.05, 3.63) is 21.3 Å². The lowest BCUT2D eigenvalue weighted by Crippen LogP contribution is -2.01. The van der Waals surface area contributed by atoms with E-state index in [1.54, 1.807) is 11.3 Å². The first kappa shape index (κ1) is 10.2. The van der Waals surface area contributed by atoms with E-state index in [1.165, 1.54) is 5.56 Å². The van der Waals surface area contributed by atoms with Crippen molar-refractivity contribution in [1.82, 2.24) is 0 Å². The molecule has 0 aromatic carbocycles. The van der Waals surface area contributed by atoms with Crippen LogP contribution in [0.2, 0.25) is 4.34 Å². The van der Waals surface area contributed by atoms with Gasteiger partial charge in [-0.3, -0.25) is 0 Å². The summed E-state index contributed by atoms with van der Waals surface area (Å²) in [6.45, 7) is 0.677. The highest BCUT2D eigenvalue weighted by Crippen LogP contribution is 2.22. The molecular formula is C6H9Cl2NS. The summed E-state index contributed by atoms with van der Waals surface area (Å²) >= 11 is 7.34. The molecule has 1 aromatic rings. The van der Waals surface area contributed by atoms with Gasteiger partial charge in [-0.1, -0.05) is 11.6 Å². The molecule has 0 aliphatic carbocycles. The molecule has 0 amide bonds. The van der Waals surface area contributed by atoms with E-state index in [0.29, 0.717) is 6.54 Å². The van der Waals surface area contributed by atoms with Gasteiger partial charge in [0.15, 0.2) is 0 Å². The van der Waals surface area contributed by atoms with Crippen molar-refractivity contribution in [3.63, 3.8) is 0 Å². The summed E-state index contributed by atoms with van der Waals surface area (Å²) in [5.41, 5.74) is 6.51. The highest BCUT2D eigenvalue weighted by atomic mass is 35.5. The fourth-order valence-electron chi connectivity index (χ4n) is 0.654. The lowest BCUT2D eigenvalue weighted by Gasteiger charge is -1.90. The van der Waals surface area contributed by atoms with Crippen LogP contribution in [0.3, 0.4) is 0 Å². The van der Waals surface area contributed by atoms with E-state index < -0.39 is 0 Å². The van der Waals surface area contributed by atoms with Crippen LogP contribution in [0.1, 0.15) is 5.56 Å². The van der Waals surface area contributed by atoms with Gasteiger partial charge in [-0.05, 0) is 30.0 Å². The maximum atomic E-state index is 5.78. The van der Waals surface area contributed by atoms with Crippen LogP contribution in [-0.4, -0.2) is 6.54 Å². The largest absolute Gasteiger partial charge is 0.330 e. The van der Waals surface area contributed by atoms with Gasteiger partial charge in [0.25, 0.3) is 0 Å². The fourth-order valence-corrected chi connectivity index (χ4v) is 1.64. The van der Waals surface area contributed by atoms with Crippen molar-refractivity contribution in [2.24, 2.45) is 5.73 Å². The predicted octanol–water partition coefficient (Wildman–Crippen LogP) is 2.32. The molecule has 0 saturated heterocycles. The number of nitrogens with two attached hydrogens (primary N) is 1. The Morgan fingerprint density at radius 3 is 2.70 bits per heavy atom. The minimum atomic E-state index is 0. The van der Waals surface area contributed by atoms with E-state index in [-0.39, 0.29) is 12.4 Å². The zero-order valence-corrected chi connectivity index (χ0v) is 7.73. The third kappa shape index (κ3) is 2.46. The summed E-state index contributed by atoms with van der Waals surface area (Å²) in [4.78, 5) is 0. The third-order valence-corrected chi connectivity index (χ3v) is 2.36. The van der Waals surface area contributed by atoms with Crippen LogP contribution < -0.4 is 5.73 Å². The lowest BCUT2D eigenvalue weighted by molar-refractivity contribution is 0.974. The fraction of sp³-hybridized carbons (Fsp3) is 0.333. The molecule has 2 N–H and O–H groups in total. The van der Waals surface area contributed by atoms with E-state index in [9.17, 15) is 0 Å². The second-order valence-electron chi connectivity index (χ2n) is 1.76. The second-order valence-corrected chi connectivity index (χ2v) is 3.28. The van der Waals surface area contributed by atoms with Crippen LogP contribution in [0.15, 0.2) is 11.4 Å². The van der Waals surface area contributed by atoms with Crippen LogP contribution in [0.5, 0.6) is 0 Å². The standard InChI is InChI=1S/C6H8ClNS.ClH/c7-6-5(1-3-8)2-4-9-6;/h2,4H,1,3,8H2;1H. The van der Waals surface area contributed by atoms with Crippen molar-refractivity contribution in [2.45, 2.75) is 6.42 Å². The highest BCUT2D eigenvalue weighted by Gasteiger charge is 1.97. The molecule has 4 heteroatoms. The Morgan fingerprint density at radius 2 is 2.30 bits per heavy atom. The monoisotopic (exact) mass is 197 g/mol. The van der Waals surface area contributed by atoms with Crippen molar-refractivity contribution < 1.29 is 0 Å². The molecule has 0 aliphatic heterocycles. The Kier molecular flexibility index (Phi) is 5.09. The van der Waals surface area contributed by atoms with E-state index in [0.717, 1.165) is 10.8 Å². The minimum Gasteiger partial charge on any atom is -0.330 e. The highest BCUT2D eigenvalue weighted by molar-refractivity contribution is 7.14. The Morgan fingerprint density at radius 1 is 1.60 bits per heavy atom. The van der Waals surface area contributed by atoms with Crippen molar-refractivity contribution in [3.8, 4) is 0 Å². The molecule has 1 rings (SSSR count). The molecule has 10 heavy (non-hydrogen) atoms. The lowest BCUT2D eigenvalue weighted by atomic mass is 10.2. The van der Waals surface area contributed by atoms with Crippen LogP contribution in [0.25, 0.3) is 0 Å². The number of hydrogen-bond acceptors (Lipinski definition) is 2. The Balaban J connectivity index is 0.000000810. The topological polar surface area (TPSA) is 26.0 Å². The quantitative estimate of drug-likeness (QED) is 0.775. The van der Waals surface area contributed by atoms with Gasteiger partial charge in [-0.15, -0.1) is 23.7 Å². The van der Waals surface area contributed by atoms with Gasteiger partial charge < -0.3 is 5.73 Å². The van der Waals surface area contributed by atoms with Crippen LogP contribution in [0, 0.1) is 0 Å². The van der Waals surface area contributed by atoms with E-state index in [2.05, 4.69) is 0 Å². The Labute approximate surface area is 75.6 Å². The molecule has 1 nitrogen and oxygen atoms in total. The van der Waals surface area contributed by atoms with Gasteiger partial charge in [0, 0.05) is 0 Å². The minimum absolute atomic E-state index is 0. The number of thiophene rings is 1. The average molecular weight is 198 g/mol. The molecule has 0 spiro atoms. The molecule has 0 atom stereocenters. The first-order valence-corrected chi connectivity index (χ1v) is 4.02. The summed E-state index contributed by atoms with van der Waals surface area (Å²) in [6.07, 6.45) is 0.891. The molecule has 1 heterocycles. The third-order valence-electron chi connectivity index (χ3n) is 1.11. The van der Waals surface area contributed by atoms with Gasteiger partial charge in [0.1, 0.15) is 0 Å². The summed E-state index contributed by atoms with van der Waals surface area (Å²) < 4.78 is 0.875. The molecule has 0 saturated carbocycles. The molecule has 0 aliphatic rings. The molecule has 0 radical (unpaired) electrons. The predicted molar refractivity (Wildman–Crippen MR) is 49.3 cm³/mol. The summed E-state index contributed by atoms with van der Waals surface area (Å²) in [5, 5.41) is 1.98. The summed E-state index contributed by atoms with van der Waals surface area (Å²) in [7, 11) is 0. The SMILES string of the molecule is Cl.NCCc1ccsc1Cl. The molecule has 0 bridgehead atoms. The molecule has 58 valence electrons. The number of hydrogen-bond donors (Lipinski definition) is 1. The zero-order valence-electron chi connectivity index (χ0n) is 5.34. The maximum Gasteiger partial charge on any atom is 0.0960 e. The Bertz CT molecular complexity index is 188. The van der Waals surface area contributed by atoms with Gasteiger partial charge >= 0.3 is 0 Å². The van der Waals surface area contributed by atoms with Gasteiger partial charge in [-0.25, -0.2) is 0 Å². The smallest absolute Gasteiger partial charge is 0.0960 e. The van der Waals surface area contributed by atoms with E-state index in [1.807, 2.05) is 11.4 Å². The number of rotatable bonds is 2. The van der Waals surface area contributed by atoms with Crippen molar-refractivity contribution in [1.29, 1.82) is 0 Å². The second kappa shape index (κ2) is 4.97.